The molecule has 1 amide bonds. The highest BCUT2D eigenvalue weighted by Gasteiger charge is 2.37. The number of rotatable bonds is 4. The Hall–Kier alpha value is -1.05. The summed E-state index contributed by atoms with van der Waals surface area (Å²) in [6.45, 7) is 6.35. The van der Waals surface area contributed by atoms with E-state index in [1.54, 1.807) is 0 Å². The highest BCUT2D eigenvalue weighted by Crippen LogP contribution is 2.25. The molecule has 2 saturated heterocycles. The molecule has 0 aliphatic carbocycles. The van der Waals surface area contributed by atoms with Crippen LogP contribution in [0.1, 0.15) is 32.6 Å². The van der Waals surface area contributed by atoms with Gasteiger partial charge in [-0.25, -0.2) is 0 Å². The summed E-state index contributed by atoms with van der Waals surface area (Å²) in [6.07, 6.45) is 9.79. The third kappa shape index (κ3) is 3.29. The van der Waals surface area contributed by atoms with E-state index in [1.165, 1.54) is 0 Å². The highest BCUT2D eigenvalue weighted by molar-refractivity contribution is 5.82. The molecule has 2 aliphatic rings. The van der Waals surface area contributed by atoms with Crippen LogP contribution in [0.2, 0.25) is 0 Å². The van der Waals surface area contributed by atoms with Crippen molar-refractivity contribution in [2.75, 3.05) is 32.7 Å². The van der Waals surface area contributed by atoms with Crippen LogP contribution in [0.25, 0.3) is 0 Å². The molecule has 4 nitrogen and oxygen atoms in total. The molecule has 1 unspecified atom stereocenters. The molecule has 2 aliphatic heterocycles. The van der Waals surface area contributed by atoms with Crippen molar-refractivity contribution in [1.29, 1.82) is 0 Å². The van der Waals surface area contributed by atoms with Gasteiger partial charge >= 0.3 is 0 Å². The Balaban J connectivity index is 2.01. The van der Waals surface area contributed by atoms with Crippen LogP contribution in [0.5, 0.6) is 0 Å². The molecule has 106 valence electrons. The van der Waals surface area contributed by atoms with Crippen LogP contribution in [-0.4, -0.2) is 60.5 Å². The quantitative estimate of drug-likeness (QED) is 0.758. The van der Waals surface area contributed by atoms with Crippen LogP contribution in [0.4, 0.5) is 0 Å². The number of nitrogens with zero attached hydrogens (tertiary/aromatic N) is 2. The fourth-order valence-electron chi connectivity index (χ4n) is 3.30. The van der Waals surface area contributed by atoms with Gasteiger partial charge in [-0.05, 0) is 52.2 Å². The average Bonchev–Trinajstić information content (AvgIpc) is 2.94. The molecule has 2 rings (SSSR count). The molecule has 1 atom stereocenters. The number of hydrogen-bond donors (Lipinski definition) is 1. The maximum absolute atomic E-state index is 12.6. The van der Waals surface area contributed by atoms with E-state index < -0.39 is 0 Å². The lowest BCUT2D eigenvalue weighted by atomic mass is 10.0. The summed E-state index contributed by atoms with van der Waals surface area (Å²) >= 11 is 0. The Morgan fingerprint density at radius 2 is 2.16 bits per heavy atom. The first kappa shape index (κ1) is 14.4. The second-order valence-electron chi connectivity index (χ2n) is 5.43. The first-order valence-electron chi connectivity index (χ1n) is 7.46. The standard InChI is InChI=1S/C15H25N3O/c1-3-11-17(4-2)15(19)14-6-5-12-18(14)13-7-9-16-10-8-13/h1,13-14,16H,4-12H2,2H3. The number of carbonyl (C=O) groups is 1. The van der Waals surface area contributed by atoms with Crippen molar-refractivity contribution in [3.8, 4) is 12.3 Å². The van der Waals surface area contributed by atoms with Crippen LogP contribution in [0, 0.1) is 12.3 Å². The Labute approximate surface area is 116 Å². The van der Waals surface area contributed by atoms with E-state index in [0.717, 1.165) is 45.3 Å². The molecule has 0 aromatic rings. The summed E-state index contributed by atoms with van der Waals surface area (Å²) < 4.78 is 0. The van der Waals surface area contributed by atoms with E-state index in [2.05, 4.69) is 16.1 Å². The van der Waals surface area contributed by atoms with E-state index in [1.807, 2.05) is 11.8 Å². The lowest BCUT2D eigenvalue weighted by Gasteiger charge is -2.36. The molecule has 0 radical (unpaired) electrons. The number of terminal acetylenes is 1. The van der Waals surface area contributed by atoms with Gasteiger partial charge in [0, 0.05) is 12.6 Å². The largest absolute Gasteiger partial charge is 0.330 e. The number of likely N-dealkylation sites (N-methyl/N-ethyl adjacent to an activating group) is 1. The predicted octanol–water partition coefficient (Wildman–Crippen LogP) is 0.685. The smallest absolute Gasteiger partial charge is 0.240 e. The summed E-state index contributed by atoms with van der Waals surface area (Å²) in [5, 5.41) is 3.39. The summed E-state index contributed by atoms with van der Waals surface area (Å²) in [7, 11) is 0. The van der Waals surface area contributed by atoms with Gasteiger partial charge in [-0.1, -0.05) is 5.92 Å². The minimum Gasteiger partial charge on any atom is -0.330 e. The van der Waals surface area contributed by atoms with Gasteiger partial charge in [0.1, 0.15) is 0 Å². The third-order valence-electron chi connectivity index (χ3n) is 4.33. The number of nitrogens with one attached hydrogen (secondary N) is 1. The minimum absolute atomic E-state index is 0.0661. The normalized spacial score (nSPS) is 25.2. The molecule has 0 aromatic heterocycles. The number of amides is 1. The number of piperidine rings is 1. The van der Waals surface area contributed by atoms with Crippen molar-refractivity contribution in [2.24, 2.45) is 0 Å². The molecule has 2 heterocycles. The first-order valence-corrected chi connectivity index (χ1v) is 7.46. The minimum atomic E-state index is 0.0661. The van der Waals surface area contributed by atoms with Gasteiger partial charge in [0.2, 0.25) is 5.91 Å². The molecule has 0 saturated carbocycles. The number of carbonyl (C=O) groups excluding carboxylic acids is 1. The zero-order valence-corrected chi connectivity index (χ0v) is 11.9. The first-order chi connectivity index (χ1) is 9.27. The van der Waals surface area contributed by atoms with E-state index in [9.17, 15) is 4.79 Å². The average molecular weight is 263 g/mol. The molecule has 0 spiro atoms. The predicted molar refractivity (Wildman–Crippen MR) is 76.7 cm³/mol. The van der Waals surface area contributed by atoms with Crippen molar-refractivity contribution in [1.82, 2.24) is 15.1 Å². The van der Waals surface area contributed by atoms with Crippen molar-refractivity contribution in [3.05, 3.63) is 0 Å². The molecular weight excluding hydrogens is 238 g/mol. The lowest BCUT2D eigenvalue weighted by molar-refractivity contribution is -0.136. The molecular formula is C15H25N3O. The van der Waals surface area contributed by atoms with Gasteiger partial charge in [-0.2, -0.15) is 0 Å². The van der Waals surface area contributed by atoms with Crippen molar-refractivity contribution in [3.63, 3.8) is 0 Å². The Morgan fingerprint density at radius 3 is 2.79 bits per heavy atom. The van der Waals surface area contributed by atoms with Crippen molar-refractivity contribution >= 4 is 5.91 Å². The van der Waals surface area contributed by atoms with Crippen molar-refractivity contribution in [2.45, 2.75) is 44.7 Å². The fourth-order valence-corrected chi connectivity index (χ4v) is 3.30. The van der Waals surface area contributed by atoms with E-state index in [0.29, 0.717) is 19.1 Å². The van der Waals surface area contributed by atoms with Gasteiger partial charge in [-0.15, -0.1) is 6.42 Å². The monoisotopic (exact) mass is 263 g/mol. The Morgan fingerprint density at radius 1 is 1.42 bits per heavy atom. The Kier molecular flexibility index (Phi) is 5.24. The lowest BCUT2D eigenvalue weighted by Crippen LogP contribution is -2.51. The molecule has 19 heavy (non-hydrogen) atoms. The zero-order valence-electron chi connectivity index (χ0n) is 11.9. The van der Waals surface area contributed by atoms with E-state index in [-0.39, 0.29) is 11.9 Å². The summed E-state index contributed by atoms with van der Waals surface area (Å²) in [6, 6.07) is 0.638. The topological polar surface area (TPSA) is 35.6 Å². The van der Waals surface area contributed by atoms with Crippen LogP contribution < -0.4 is 5.32 Å². The van der Waals surface area contributed by atoms with E-state index >= 15 is 0 Å². The maximum Gasteiger partial charge on any atom is 0.240 e. The molecule has 1 N–H and O–H groups in total. The summed E-state index contributed by atoms with van der Waals surface area (Å²) in [5.74, 6) is 2.83. The maximum atomic E-state index is 12.6. The van der Waals surface area contributed by atoms with Gasteiger partial charge in [0.05, 0.1) is 12.6 Å². The molecule has 2 fully saturated rings. The number of likely N-dealkylation sites (tertiary alicyclic amines) is 1. The molecule has 4 heteroatoms. The van der Waals surface area contributed by atoms with Crippen LogP contribution >= 0.6 is 0 Å². The molecule has 0 bridgehead atoms. The van der Waals surface area contributed by atoms with Crippen molar-refractivity contribution < 1.29 is 4.79 Å². The second-order valence-corrected chi connectivity index (χ2v) is 5.43. The Bertz CT molecular complexity index is 344. The van der Waals surface area contributed by atoms with Gasteiger partial charge in [0.15, 0.2) is 0 Å². The van der Waals surface area contributed by atoms with Gasteiger partial charge in [0.25, 0.3) is 0 Å². The summed E-state index contributed by atoms with van der Waals surface area (Å²) in [5.41, 5.74) is 0. The zero-order chi connectivity index (χ0) is 13.7. The highest BCUT2D eigenvalue weighted by atomic mass is 16.2. The van der Waals surface area contributed by atoms with Crippen LogP contribution in [0.3, 0.4) is 0 Å². The van der Waals surface area contributed by atoms with Crippen LogP contribution in [0.15, 0.2) is 0 Å². The molecule has 0 aromatic carbocycles. The SMILES string of the molecule is C#CCN(CC)C(=O)C1CCCN1C1CCNCC1. The third-order valence-corrected chi connectivity index (χ3v) is 4.33. The second kappa shape index (κ2) is 6.93. The van der Waals surface area contributed by atoms with Gasteiger partial charge < -0.3 is 10.2 Å². The fraction of sp³-hybridized carbons (Fsp3) is 0.800. The summed E-state index contributed by atoms with van der Waals surface area (Å²) in [4.78, 5) is 16.8. The van der Waals surface area contributed by atoms with E-state index in [4.69, 9.17) is 6.42 Å². The van der Waals surface area contributed by atoms with Gasteiger partial charge in [-0.3, -0.25) is 9.69 Å². The van der Waals surface area contributed by atoms with Crippen LogP contribution in [-0.2, 0) is 4.79 Å². The number of hydrogen-bond acceptors (Lipinski definition) is 3.